The third-order valence-corrected chi connectivity index (χ3v) is 16.1. The van der Waals surface area contributed by atoms with Crippen molar-refractivity contribution in [3.63, 3.8) is 0 Å². The van der Waals surface area contributed by atoms with Crippen LogP contribution in [-0.4, -0.2) is 140 Å². The normalized spacial score (nSPS) is 23.6. The molecule has 0 aromatic heterocycles. The molecule has 0 bridgehead atoms. The highest BCUT2D eigenvalue weighted by molar-refractivity contribution is 5.76. The van der Waals surface area contributed by atoms with Gasteiger partial charge in [0.15, 0.2) is 12.6 Å². The second-order valence-corrected chi connectivity index (χ2v) is 24.3. The van der Waals surface area contributed by atoms with Gasteiger partial charge in [0.2, 0.25) is 5.91 Å². The number of nitrogens with one attached hydrogen (secondary N) is 1. The van der Waals surface area contributed by atoms with Gasteiger partial charge in [-0.3, -0.25) is 4.79 Å². The molecule has 0 saturated carbocycles. The first-order chi connectivity index (χ1) is 45.6. The molecule has 14 heteroatoms. The minimum atomic E-state index is -1.80. The van der Waals surface area contributed by atoms with E-state index in [9.17, 15) is 45.6 Å². The van der Waals surface area contributed by atoms with Crippen LogP contribution in [0.1, 0.15) is 226 Å². The lowest BCUT2D eigenvalue weighted by molar-refractivity contribution is -0.359. The molecule has 1 amide bonds. The average Bonchev–Trinajstić information content (AvgIpc) is 0.958. The maximum absolute atomic E-state index is 13.3. The van der Waals surface area contributed by atoms with Crippen LogP contribution in [0.3, 0.4) is 0 Å². The van der Waals surface area contributed by atoms with E-state index in [4.69, 9.17) is 18.9 Å². The van der Waals surface area contributed by atoms with E-state index in [1.807, 2.05) is 6.08 Å². The van der Waals surface area contributed by atoms with Gasteiger partial charge in [-0.2, -0.15) is 0 Å². The molecule has 93 heavy (non-hydrogen) atoms. The minimum Gasteiger partial charge on any atom is -0.394 e. The lowest BCUT2D eigenvalue weighted by Gasteiger charge is -2.46. The van der Waals surface area contributed by atoms with Crippen molar-refractivity contribution in [2.24, 2.45) is 0 Å². The molecule has 2 heterocycles. The molecule has 2 aliphatic rings. The van der Waals surface area contributed by atoms with Gasteiger partial charge >= 0.3 is 0 Å². The Morgan fingerprint density at radius 2 is 0.753 bits per heavy atom. The van der Waals surface area contributed by atoms with E-state index in [-0.39, 0.29) is 18.9 Å². The monoisotopic (exact) mass is 1300 g/mol. The number of hydrogen-bond donors (Lipinski definition) is 9. The van der Waals surface area contributed by atoms with Gasteiger partial charge in [0.05, 0.1) is 32.0 Å². The van der Waals surface area contributed by atoms with Crippen LogP contribution in [0.5, 0.6) is 0 Å². The number of unbranched alkanes of at least 4 members (excludes halogenated alkanes) is 17. The number of amides is 1. The first kappa shape index (κ1) is 84.4. The molecule has 12 atom stereocenters. The maximum Gasteiger partial charge on any atom is 0.220 e. The van der Waals surface area contributed by atoms with Crippen molar-refractivity contribution in [3.05, 3.63) is 170 Å². The fourth-order valence-corrected chi connectivity index (χ4v) is 10.4. The fraction of sp³-hybridized carbons (Fsp3) is 0.633. The number of rotatable bonds is 56. The van der Waals surface area contributed by atoms with Gasteiger partial charge in [0.25, 0.3) is 0 Å². The van der Waals surface area contributed by atoms with Crippen LogP contribution in [0.25, 0.3) is 0 Å². The van der Waals surface area contributed by atoms with Crippen LogP contribution in [0.4, 0.5) is 0 Å². The lowest BCUT2D eigenvalue weighted by Crippen LogP contribution is -2.65. The molecule has 12 unspecified atom stereocenters. The molecule has 0 aliphatic carbocycles. The number of carbonyl (C=O) groups excluding carboxylic acids is 1. The van der Waals surface area contributed by atoms with Crippen molar-refractivity contribution in [2.75, 3.05) is 19.8 Å². The van der Waals surface area contributed by atoms with Gasteiger partial charge in [0, 0.05) is 6.42 Å². The highest BCUT2D eigenvalue weighted by Crippen LogP contribution is 2.30. The van der Waals surface area contributed by atoms with E-state index in [1.165, 1.54) is 51.4 Å². The summed E-state index contributed by atoms with van der Waals surface area (Å²) in [5.74, 6) is -0.272. The summed E-state index contributed by atoms with van der Waals surface area (Å²) in [5.41, 5.74) is 0. The van der Waals surface area contributed by atoms with Crippen molar-refractivity contribution in [2.45, 2.75) is 299 Å². The topological polar surface area (TPSA) is 228 Å². The van der Waals surface area contributed by atoms with Crippen LogP contribution < -0.4 is 5.32 Å². The molecule has 0 radical (unpaired) electrons. The third kappa shape index (κ3) is 44.7. The number of aliphatic hydroxyl groups is 8. The van der Waals surface area contributed by atoms with Crippen molar-refractivity contribution in [1.82, 2.24) is 5.32 Å². The summed E-state index contributed by atoms with van der Waals surface area (Å²) < 4.78 is 22.8. The standard InChI is InChI=1S/C79H127NO13/c1-3-5-7-9-11-13-15-17-19-21-23-24-25-26-27-28-29-30-31-32-33-34-35-36-37-38-39-40-41-42-43-44-45-47-49-51-53-55-57-59-61-63-71(84)80-67(68(83)62-60-58-56-54-52-50-48-46-22-20-18-16-14-12-10-8-6-4-2)66-90-78-76(89)74(87)77(70(65-82)92-78)93-79-75(88)73(86)72(85)69(64-81)91-79/h5,7,11,13,17,19,22-24,26-27,29-30,32-33,35-36,38-39,41-42,44-46,52,54,60,62,67-70,72-79,81-83,85-89H,3-4,6,8-10,12,14-16,18,20-21,25,28,31,34,37,40,43,47-51,53,55-59,61,63-66H2,1-2H3,(H,80,84)/b7-5-,13-11-,19-17-,24-23-,27-26-,30-29-,33-32-,36-35-,39-38-,42-41-,45-44-,46-22+,54-52+,62-60+. The molecule has 2 aliphatic heterocycles. The number of ether oxygens (including phenoxy) is 4. The van der Waals surface area contributed by atoms with E-state index in [2.05, 4.69) is 177 Å². The molecule has 14 nitrogen and oxygen atoms in total. The Bertz CT molecular complexity index is 2220. The zero-order valence-corrected chi connectivity index (χ0v) is 57.2. The van der Waals surface area contributed by atoms with Crippen LogP contribution in [0, 0.1) is 0 Å². The quantitative estimate of drug-likeness (QED) is 0.0204. The number of hydrogen-bond acceptors (Lipinski definition) is 13. The first-order valence-electron chi connectivity index (χ1n) is 35.9. The van der Waals surface area contributed by atoms with E-state index in [1.54, 1.807) is 6.08 Å². The summed E-state index contributed by atoms with van der Waals surface area (Å²) in [6.07, 6.45) is 78.3. The van der Waals surface area contributed by atoms with Gasteiger partial charge in [-0.05, 0) is 128 Å². The summed E-state index contributed by atoms with van der Waals surface area (Å²) in [4.78, 5) is 13.3. The van der Waals surface area contributed by atoms with Crippen molar-refractivity contribution in [1.29, 1.82) is 0 Å². The van der Waals surface area contributed by atoms with Gasteiger partial charge in [-0.1, -0.05) is 261 Å². The molecule has 0 spiro atoms. The van der Waals surface area contributed by atoms with Gasteiger partial charge < -0.3 is 65.1 Å². The zero-order chi connectivity index (χ0) is 67.3. The Morgan fingerprint density at radius 3 is 1.18 bits per heavy atom. The molecule has 2 rings (SSSR count). The second-order valence-electron chi connectivity index (χ2n) is 24.3. The SMILES string of the molecule is CC/C=C\C/C=C\C/C=C\C/C=C\C/C=C\C/C=C\C/C=C\C/C=C\C/C=C\C/C=C\C/C=C\CCCCCCCCCC(=O)NC(COC1OC(CO)C(OC2OC(CO)C(O)C(O)C2O)C(O)C1O)C(O)/C=C/CC/C=C/CC/C=C/CCCCCCCCCC. The Labute approximate surface area is 562 Å². The zero-order valence-electron chi connectivity index (χ0n) is 57.2. The summed E-state index contributed by atoms with van der Waals surface area (Å²) in [5, 5.41) is 87.3. The van der Waals surface area contributed by atoms with Crippen molar-refractivity contribution in [3.8, 4) is 0 Å². The van der Waals surface area contributed by atoms with Crippen LogP contribution in [0.15, 0.2) is 170 Å². The van der Waals surface area contributed by atoms with Crippen LogP contribution in [-0.2, 0) is 23.7 Å². The summed E-state index contributed by atoms with van der Waals surface area (Å²) in [6.45, 7) is 2.63. The second kappa shape index (κ2) is 61.0. The molecule has 526 valence electrons. The fourth-order valence-electron chi connectivity index (χ4n) is 10.4. The predicted octanol–water partition coefficient (Wildman–Crippen LogP) is 15.2. The summed E-state index contributed by atoms with van der Waals surface area (Å²) in [7, 11) is 0. The Hall–Kier alpha value is -4.65. The first-order valence-corrected chi connectivity index (χ1v) is 35.9. The molecule has 2 fully saturated rings. The molecule has 0 aromatic rings. The summed E-state index contributed by atoms with van der Waals surface area (Å²) in [6, 6.07) is -0.957. The lowest BCUT2D eigenvalue weighted by atomic mass is 9.97. The minimum absolute atomic E-state index is 0.246. The van der Waals surface area contributed by atoms with Gasteiger partial charge in [-0.25, -0.2) is 0 Å². The third-order valence-electron chi connectivity index (χ3n) is 16.1. The van der Waals surface area contributed by atoms with Crippen LogP contribution >= 0.6 is 0 Å². The highest BCUT2D eigenvalue weighted by Gasteiger charge is 2.51. The number of carbonyl (C=O) groups is 1. The molecule has 9 N–H and O–H groups in total. The maximum atomic E-state index is 13.3. The average molecular weight is 1300 g/mol. The smallest absolute Gasteiger partial charge is 0.220 e. The van der Waals surface area contributed by atoms with Gasteiger partial charge in [-0.15, -0.1) is 0 Å². The molecule has 2 saturated heterocycles. The van der Waals surface area contributed by atoms with E-state index in [0.29, 0.717) is 12.8 Å². The van der Waals surface area contributed by atoms with E-state index in [0.717, 1.165) is 141 Å². The van der Waals surface area contributed by atoms with Crippen molar-refractivity contribution >= 4 is 5.91 Å². The Kier molecular flexibility index (Phi) is 55.4. The Balaban J connectivity index is 1.66. The van der Waals surface area contributed by atoms with Crippen LogP contribution in [0.2, 0.25) is 0 Å². The summed E-state index contributed by atoms with van der Waals surface area (Å²) >= 11 is 0. The predicted molar refractivity (Wildman–Crippen MR) is 382 cm³/mol. The van der Waals surface area contributed by atoms with Crippen molar-refractivity contribution < 1.29 is 64.6 Å². The molecule has 0 aromatic carbocycles. The highest BCUT2D eigenvalue weighted by atomic mass is 16.7. The van der Waals surface area contributed by atoms with E-state index < -0.39 is 86.8 Å². The molecular formula is C79H127NO13. The largest absolute Gasteiger partial charge is 0.394 e. The number of allylic oxidation sites excluding steroid dienone is 27. The van der Waals surface area contributed by atoms with E-state index >= 15 is 0 Å². The molecular weight excluding hydrogens is 1170 g/mol. The number of aliphatic hydroxyl groups excluding tert-OH is 8. The Morgan fingerprint density at radius 1 is 0.398 bits per heavy atom. The van der Waals surface area contributed by atoms with Gasteiger partial charge in [0.1, 0.15) is 48.8 Å².